The molecule has 0 saturated carbocycles. The SMILES string of the molecule is C=C(/C=C\C(=C)c1ccc(-c2nc3c(c4c5c(ccc24)CCC=C5)=CCCC=3)cc1)/C(C)=N/C1c2nc(C3=CC=CCC3)ccc2C=CC1C. The van der Waals surface area contributed by atoms with Crippen molar-refractivity contribution in [3.8, 4) is 11.3 Å². The van der Waals surface area contributed by atoms with Gasteiger partial charge in [0.05, 0.1) is 28.5 Å². The van der Waals surface area contributed by atoms with Crippen molar-refractivity contribution in [2.45, 2.75) is 58.4 Å². The summed E-state index contributed by atoms with van der Waals surface area (Å²) in [6.07, 6.45) is 30.7. The molecule has 0 N–H and O–H groups in total. The highest BCUT2D eigenvalue weighted by atomic mass is 14.9. The van der Waals surface area contributed by atoms with Gasteiger partial charge in [0.15, 0.2) is 0 Å². The summed E-state index contributed by atoms with van der Waals surface area (Å²) >= 11 is 0. The molecular weight excluding hydrogens is 607 g/mol. The van der Waals surface area contributed by atoms with Crippen LogP contribution in [0.1, 0.15) is 85.6 Å². The van der Waals surface area contributed by atoms with E-state index < -0.39 is 0 Å². The summed E-state index contributed by atoms with van der Waals surface area (Å²) < 4.78 is 0. The summed E-state index contributed by atoms with van der Waals surface area (Å²) in [6.45, 7) is 13.0. The van der Waals surface area contributed by atoms with Gasteiger partial charge in [-0.2, -0.15) is 0 Å². The standard InChI is InChI=1S/C47H43N3/c1-30(33(4)48-45-32(3)20-21-38-27-29-42(49-47(38)45)36-13-6-5-7-14-36)18-19-31(2)34-22-24-37(25-23-34)46-41-28-26-35-12-8-9-15-39(35)44(41)40-16-10-11-17-43(40)50-46/h5-6,9,13,15-29,32,45H,1-2,7-8,10-12,14H2,3-4H3/b19-18-,48-33+. The van der Waals surface area contributed by atoms with Gasteiger partial charge in [-0.25, -0.2) is 4.98 Å². The number of rotatable bonds is 7. The lowest BCUT2D eigenvalue weighted by atomic mass is 9.88. The highest BCUT2D eigenvalue weighted by Gasteiger charge is 2.25. The molecule has 2 atom stereocenters. The summed E-state index contributed by atoms with van der Waals surface area (Å²) in [5, 5.41) is 4.97. The van der Waals surface area contributed by atoms with Gasteiger partial charge in [0.1, 0.15) is 0 Å². The summed E-state index contributed by atoms with van der Waals surface area (Å²) in [4.78, 5) is 15.6. The Kier molecular flexibility index (Phi) is 8.58. The van der Waals surface area contributed by atoms with E-state index in [4.69, 9.17) is 15.0 Å². The number of nitrogens with zero attached hydrogens (tertiary/aromatic N) is 3. The molecule has 4 aromatic rings. The Morgan fingerprint density at radius 1 is 0.860 bits per heavy atom. The van der Waals surface area contributed by atoms with Crippen molar-refractivity contribution in [1.29, 1.82) is 0 Å². The minimum absolute atomic E-state index is 0.0547. The van der Waals surface area contributed by atoms with Gasteiger partial charge in [-0.15, -0.1) is 0 Å². The summed E-state index contributed by atoms with van der Waals surface area (Å²) in [5.74, 6) is 0.241. The van der Waals surface area contributed by atoms with Crippen molar-refractivity contribution < 1.29 is 0 Å². The molecule has 2 aromatic carbocycles. The molecule has 2 heterocycles. The van der Waals surface area contributed by atoms with E-state index >= 15 is 0 Å². The van der Waals surface area contributed by atoms with Crippen LogP contribution in [0.15, 0.2) is 115 Å². The molecule has 0 spiro atoms. The average molecular weight is 650 g/mol. The van der Waals surface area contributed by atoms with Crippen LogP contribution in [0.25, 0.3) is 57.5 Å². The van der Waals surface area contributed by atoms with Crippen LogP contribution in [0.5, 0.6) is 0 Å². The number of aryl methyl sites for hydroxylation is 1. The zero-order chi connectivity index (χ0) is 34.2. The van der Waals surface area contributed by atoms with Crippen LogP contribution in [0.3, 0.4) is 0 Å². The number of hydrogen-bond acceptors (Lipinski definition) is 3. The van der Waals surface area contributed by atoms with Crippen molar-refractivity contribution >= 4 is 51.9 Å². The molecule has 2 unspecified atom stereocenters. The highest BCUT2D eigenvalue weighted by molar-refractivity contribution is 6.02. The zero-order valence-electron chi connectivity index (χ0n) is 29.1. The van der Waals surface area contributed by atoms with E-state index in [1.54, 1.807) is 0 Å². The molecule has 0 saturated heterocycles. The molecule has 246 valence electrons. The van der Waals surface area contributed by atoms with Crippen LogP contribution in [0.2, 0.25) is 0 Å². The molecular formula is C47H43N3. The van der Waals surface area contributed by atoms with E-state index in [1.165, 1.54) is 32.7 Å². The quantitative estimate of drug-likeness (QED) is 0.148. The maximum absolute atomic E-state index is 5.22. The third-order valence-corrected chi connectivity index (χ3v) is 10.6. The average Bonchev–Trinajstić information content (AvgIpc) is 3.17. The normalized spacial score (nSPS) is 19.3. The zero-order valence-corrected chi connectivity index (χ0v) is 29.1. The first-order chi connectivity index (χ1) is 24.4. The number of fused-ring (bicyclic) bond motifs is 6. The maximum Gasteiger partial charge on any atom is 0.0988 e. The van der Waals surface area contributed by atoms with Crippen LogP contribution in [-0.2, 0) is 6.42 Å². The molecule has 0 aliphatic heterocycles. The Morgan fingerprint density at radius 2 is 1.70 bits per heavy atom. The van der Waals surface area contributed by atoms with Crippen LogP contribution in [0.4, 0.5) is 0 Å². The van der Waals surface area contributed by atoms with Gasteiger partial charge in [-0.05, 0) is 90.5 Å². The molecule has 0 amide bonds. The van der Waals surface area contributed by atoms with Gasteiger partial charge in [0.25, 0.3) is 0 Å². The Balaban J connectivity index is 1.03. The monoisotopic (exact) mass is 649 g/mol. The first-order valence-electron chi connectivity index (χ1n) is 18.0. The lowest BCUT2D eigenvalue weighted by Crippen LogP contribution is -2.32. The molecule has 0 radical (unpaired) electrons. The van der Waals surface area contributed by atoms with Gasteiger partial charge in [-0.1, -0.05) is 129 Å². The summed E-state index contributed by atoms with van der Waals surface area (Å²) in [6, 6.07) is 17.5. The van der Waals surface area contributed by atoms with Gasteiger partial charge in [-0.3, -0.25) is 9.98 Å². The lowest BCUT2D eigenvalue weighted by molar-refractivity contribution is 0.549. The van der Waals surface area contributed by atoms with Crippen molar-refractivity contribution in [3.63, 3.8) is 0 Å². The van der Waals surface area contributed by atoms with Crippen LogP contribution < -0.4 is 10.6 Å². The highest BCUT2D eigenvalue weighted by Crippen LogP contribution is 2.36. The predicted molar refractivity (Wildman–Crippen MR) is 214 cm³/mol. The molecule has 8 rings (SSSR count). The predicted octanol–water partition coefficient (Wildman–Crippen LogP) is 10.3. The van der Waals surface area contributed by atoms with E-state index in [0.717, 1.165) is 94.5 Å². The number of benzene rings is 2. The number of aliphatic imine (C=N–C) groups is 1. The van der Waals surface area contributed by atoms with Crippen LogP contribution in [-0.4, -0.2) is 15.7 Å². The Hall–Kier alpha value is -5.41. The fraction of sp³-hybridized carbons (Fsp3) is 0.213. The van der Waals surface area contributed by atoms with Crippen molar-refractivity contribution in [2.75, 3.05) is 0 Å². The largest absolute Gasteiger partial charge is 0.279 e. The molecule has 2 aromatic heterocycles. The van der Waals surface area contributed by atoms with Crippen molar-refractivity contribution in [3.05, 3.63) is 154 Å². The molecule has 0 bridgehead atoms. The van der Waals surface area contributed by atoms with Gasteiger partial charge < -0.3 is 0 Å². The molecule has 50 heavy (non-hydrogen) atoms. The second-order valence-electron chi connectivity index (χ2n) is 13.9. The fourth-order valence-corrected chi connectivity index (χ4v) is 7.60. The number of allylic oxidation sites excluding steroid dienone is 9. The topological polar surface area (TPSA) is 38.1 Å². The second-order valence-corrected chi connectivity index (χ2v) is 13.9. The summed E-state index contributed by atoms with van der Waals surface area (Å²) in [5.41, 5.74) is 13.3. The number of pyridine rings is 2. The van der Waals surface area contributed by atoms with Crippen LogP contribution >= 0.6 is 0 Å². The van der Waals surface area contributed by atoms with E-state index in [9.17, 15) is 0 Å². The Bertz CT molecular complexity index is 2370. The molecule has 4 aliphatic rings. The second kappa shape index (κ2) is 13.5. The first kappa shape index (κ1) is 31.8. The minimum atomic E-state index is -0.0547. The van der Waals surface area contributed by atoms with E-state index in [1.807, 2.05) is 19.1 Å². The molecule has 3 nitrogen and oxygen atoms in total. The van der Waals surface area contributed by atoms with Gasteiger partial charge in [0.2, 0.25) is 0 Å². The third kappa shape index (κ3) is 6.02. The van der Waals surface area contributed by atoms with Gasteiger partial charge >= 0.3 is 0 Å². The Morgan fingerprint density at radius 3 is 2.54 bits per heavy atom. The van der Waals surface area contributed by atoms with Crippen molar-refractivity contribution in [1.82, 2.24) is 9.97 Å². The lowest BCUT2D eigenvalue weighted by Gasteiger charge is -2.25. The first-order valence-corrected chi connectivity index (χ1v) is 18.0. The Labute approximate surface area is 295 Å². The third-order valence-electron chi connectivity index (χ3n) is 10.6. The maximum atomic E-state index is 5.22. The smallest absolute Gasteiger partial charge is 0.0988 e. The summed E-state index contributed by atoms with van der Waals surface area (Å²) in [7, 11) is 0. The van der Waals surface area contributed by atoms with E-state index in [-0.39, 0.29) is 12.0 Å². The molecule has 4 aliphatic carbocycles. The minimum Gasteiger partial charge on any atom is -0.279 e. The van der Waals surface area contributed by atoms with E-state index in [2.05, 4.69) is 123 Å². The van der Waals surface area contributed by atoms with Crippen molar-refractivity contribution in [2.24, 2.45) is 10.9 Å². The van der Waals surface area contributed by atoms with Gasteiger partial charge in [0, 0.05) is 33.2 Å². The fourth-order valence-electron chi connectivity index (χ4n) is 7.60. The number of hydrogen-bond donors (Lipinski definition) is 0. The molecule has 0 fully saturated rings. The molecule has 3 heteroatoms. The van der Waals surface area contributed by atoms with E-state index in [0.29, 0.717) is 0 Å². The number of aromatic nitrogens is 2. The van der Waals surface area contributed by atoms with Crippen LogP contribution in [0, 0.1) is 5.92 Å².